The molecule has 29 heavy (non-hydrogen) atoms. The van der Waals surface area contributed by atoms with Crippen LogP contribution in [0.1, 0.15) is 12.0 Å². The monoisotopic (exact) mass is 416 g/mol. The van der Waals surface area contributed by atoms with Crippen LogP contribution in [0.15, 0.2) is 47.4 Å². The first-order chi connectivity index (χ1) is 13.8. The molecule has 11 heteroatoms. The number of hydrogen-bond acceptors (Lipinski definition) is 7. The fourth-order valence-electron chi connectivity index (χ4n) is 2.97. The minimum atomic E-state index is -4.00. The summed E-state index contributed by atoms with van der Waals surface area (Å²) in [5, 5.41) is 27.8. The van der Waals surface area contributed by atoms with E-state index in [4.69, 9.17) is 10.2 Å². The number of aliphatic carboxylic acids is 1. The molecule has 0 aliphatic heterocycles. The molecular weight excluding hydrogens is 396 g/mol. The van der Waals surface area contributed by atoms with Crippen molar-refractivity contribution in [2.75, 3.05) is 13.6 Å². The highest BCUT2D eigenvalue weighted by Crippen LogP contribution is 2.34. The van der Waals surface area contributed by atoms with Crippen LogP contribution in [0, 0.1) is 0 Å². The number of nitrogens with zero attached hydrogens (tertiary/aromatic N) is 4. The van der Waals surface area contributed by atoms with Crippen LogP contribution in [0.5, 0.6) is 0 Å². The fraction of sp³-hybridized carbons (Fsp3) is 0.222. The Kier molecular flexibility index (Phi) is 6.01. The maximum absolute atomic E-state index is 12.1. The van der Waals surface area contributed by atoms with Crippen molar-refractivity contribution < 1.29 is 18.3 Å². The van der Waals surface area contributed by atoms with Gasteiger partial charge in [0.2, 0.25) is 15.8 Å². The molecule has 0 atom stereocenters. The molecule has 152 valence electrons. The van der Waals surface area contributed by atoms with E-state index in [1.54, 1.807) is 12.1 Å². The molecule has 0 bridgehead atoms. The molecule has 1 heterocycles. The highest BCUT2D eigenvalue weighted by Gasteiger charge is 2.22. The third kappa shape index (κ3) is 5.02. The van der Waals surface area contributed by atoms with Gasteiger partial charge in [-0.2, -0.15) is 5.21 Å². The van der Waals surface area contributed by atoms with E-state index in [0.717, 1.165) is 11.1 Å². The number of H-pyrrole nitrogens is 1. The largest absolute Gasteiger partial charge is 0.481 e. The molecule has 0 amide bonds. The standard InChI is InChI=1S/C18H20N6O4S/c1-24(10-9-16(25)26)11-12-5-7-13(8-6-12)14-3-2-4-15(29(19,27)28)17(14)18-20-22-23-21-18/h2-8H,9-11H2,1H3,(H,25,26)(H2,19,27,28)(H,20,21,22,23). The Morgan fingerprint density at radius 1 is 1.21 bits per heavy atom. The molecule has 3 rings (SSSR count). The summed E-state index contributed by atoms with van der Waals surface area (Å²) in [4.78, 5) is 12.5. The molecule has 10 nitrogen and oxygen atoms in total. The summed E-state index contributed by atoms with van der Waals surface area (Å²) in [5.41, 5.74) is 2.62. The van der Waals surface area contributed by atoms with Crippen LogP contribution in [0.25, 0.3) is 22.5 Å². The number of benzene rings is 2. The first-order valence-corrected chi connectivity index (χ1v) is 10.2. The maximum Gasteiger partial charge on any atom is 0.304 e. The number of nitrogens with two attached hydrogens (primary N) is 1. The fourth-order valence-corrected chi connectivity index (χ4v) is 3.73. The summed E-state index contributed by atoms with van der Waals surface area (Å²) in [6.45, 7) is 1.03. The summed E-state index contributed by atoms with van der Waals surface area (Å²) in [6, 6.07) is 12.3. The predicted octanol–water partition coefficient (Wildman–Crippen LogP) is 1.09. The van der Waals surface area contributed by atoms with Crippen LogP contribution in [-0.2, 0) is 21.4 Å². The van der Waals surface area contributed by atoms with Gasteiger partial charge in [-0.3, -0.25) is 4.79 Å². The zero-order valence-corrected chi connectivity index (χ0v) is 16.4. The lowest BCUT2D eigenvalue weighted by Gasteiger charge is -2.16. The summed E-state index contributed by atoms with van der Waals surface area (Å²) >= 11 is 0. The van der Waals surface area contributed by atoms with E-state index in [-0.39, 0.29) is 22.7 Å². The van der Waals surface area contributed by atoms with E-state index >= 15 is 0 Å². The first-order valence-electron chi connectivity index (χ1n) is 8.65. The van der Waals surface area contributed by atoms with Gasteiger partial charge in [-0.15, -0.1) is 10.2 Å². The number of primary sulfonamides is 1. The van der Waals surface area contributed by atoms with Crippen molar-refractivity contribution in [1.29, 1.82) is 0 Å². The average molecular weight is 416 g/mol. The quantitative estimate of drug-likeness (QED) is 0.493. The number of sulfonamides is 1. The molecule has 0 aliphatic carbocycles. The smallest absolute Gasteiger partial charge is 0.304 e. The van der Waals surface area contributed by atoms with Gasteiger partial charge in [-0.25, -0.2) is 13.6 Å². The number of hydrogen-bond donors (Lipinski definition) is 3. The van der Waals surface area contributed by atoms with Gasteiger partial charge in [0, 0.05) is 13.1 Å². The molecule has 0 radical (unpaired) electrons. The lowest BCUT2D eigenvalue weighted by atomic mass is 9.98. The van der Waals surface area contributed by atoms with Crippen LogP contribution in [0.4, 0.5) is 0 Å². The van der Waals surface area contributed by atoms with Crippen LogP contribution in [0.3, 0.4) is 0 Å². The van der Waals surface area contributed by atoms with E-state index in [9.17, 15) is 13.2 Å². The first kappa shape index (κ1) is 20.6. The van der Waals surface area contributed by atoms with Gasteiger partial charge in [-0.05, 0) is 35.0 Å². The number of aromatic amines is 1. The van der Waals surface area contributed by atoms with Gasteiger partial charge in [0.25, 0.3) is 0 Å². The summed E-state index contributed by atoms with van der Waals surface area (Å²) < 4.78 is 24.1. The highest BCUT2D eigenvalue weighted by atomic mass is 32.2. The van der Waals surface area contributed by atoms with Gasteiger partial charge in [0.15, 0.2) is 0 Å². The second-order valence-corrected chi connectivity index (χ2v) is 8.07. The molecular formula is C18H20N6O4S. The second kappa shape index (κ2) is 8.47. The molecule has 4 N–H and O–H groups in total. The third-order valence-electron chi connectivity index (χ3n) is 4.33. The van der Waals surface area contributed by atoms with Crippen molar-refractivity contribution in [3.63, 3.8) is 0 Å². The average Bonchev–Trinajstić information content (AvgIpc) is 3.20. The van der Waals surface area contributed by atoms with E-state index in [0.29, 0.717) is 18.7 Å². The van der Waals surface area contributed by atoms with Crippen molar-refractivity contribution in [1.82, 2.24) is 25.5 Å². The zero-order valence-electron chi connectivity index (χ0n) is 15.6. The van der Waals surface area contributed by atoms with E-state index in [1.165, 1.54) is 6.07 Å². The SMILES string of the molecule is CN(CCC(=O)O)Cc1ccc(-c2cccc(S(N)(=O)=O)c2-c2nn[nH]n2)cc1. The van der Waals surface area contributed by atoms with Gasteiger partial charge < -0.3 is 10.0 Å². The molecule has 0 unspecified atom stereocenters. The number of aromatic nitrogens is 4. The Hall–Kier alpha value is -3.15. The number of tetrazole rings is 1. The maximum atomic E-state index is 12.1. The predicted molar refractivity (Wildman–Crippen MR) is 105 cm³/mol. The summed E-state index contributed by atoms with van der Waals surface area (Å²) in [7, 11) is -2.16. The lowest BCUT2D eigenvalue weighted by molar-refractivity contribution is -0.137. The molecule has 1 aromatic heterocycles. The van der Waals surface area contributed by atoms with Gasteiger partial charge >= 0.3 is 5.97 Å². The van der Waals surface area contributed by atoms with Gasteiger partial charge in [0.05, 0.1) is 16.9 Å². The molecule has 0 spiro atoms. The minimum Gasteiger partial charge on any atom is -0.481 e. The lowest BCUT2D eigenvalue weighted by Crippen LogP contribution is -2.21. The Morgan fingerprint density at radius 2 is 1.93 bits per heavy atom. The van der Waals surface area contributed by atoms with Crippen LogP contribution >= 0.6 is 0 Å². The number of carboxylic acid groups (broad SMARTS) is 1. The number of carbonyl (C=O) groups is 1. The van der Waals surface area contributed by atoms with Crippen LogP contribution in [-0.4, -0.2) is 58.6 Å². The zero-order chi connectivity index (χ0) is 21.0. The van der Waals surface area contributed by atoms with Crippen molar-refractivity contribution in [3.05, 3.63) is 48.0 Å². The van der Waals surface area contributed by atoms with Gasteiger partial charge in [-0.1, -0.05) is 36.4 Å². The van der Waals surface area contributed by atoms with Crippen LogP contribution < -0.4 is 5.14 Å². The van der Waals surface area contributed by atoms with Gasteiger partial charge in [0.1, 0.15) is 0 Å². The number of nitrogens with one attached hydrogen (secondary N) is 1. The minimum absolute atomic E-state index is 0.0724. The van der Waals surface area contributed by atoms with E-state index in [2.05, 4.69) is 20.6 Å². The van der Waals surface area contributed by atoms with Crippen LogP contribution in [0.2, 0.25) is 0 Å². The second-order valence-electron chi connectivity index (χ2n) is 6.54. The van der Waals surface area contributed by atoms with Crippen molar-refractivity contribution in [2.45, 2.75) is 17.9 Å². The Bertz CT molecular complexity index is 1100. The van der Waals surface area contributed by atoms with Crippen molar-refractivity contribution in [3.8, 4) is 22.5 Å². The normalized spacial score (nSPS) is 11.7. The Balaban J connectivity index is 1.94. The topological polar surface area (TPSA) is 155 Å². The molecule has 0 fully saturated rings. The van der Waals surface area contributed by atoms with E-state index in [1.807, 2.05) is 36.2 Å². The molecule has 3 aromatic rings. The molecule has 0 aliphatic rings. The summed E-state index contributed by atoms with van der Waals surface area (Å²) in [6.07, 6.45) is 0.0724. The Labute approximate surface area is 167 Å². The Morgan fingerprint density at radius 3 is 2.52 bits per heavy atom. The number of carboxylic acids is 1. The molecule has 0 saturated heterocycles. The third-order valence-corrected chi connectivity index (χ3v) is 5.28. The molecule has 0 saturated carbocycles. The summed E-state index contributed by atoms with van der Waals surface area (Å²) in [5.74, 6) is -0.710. The van der Waals surface area contributed by atoms with Crippen molar-refractivity contribution >= 4 is 16.0 Å². The highest BCUT2D eigenvalue weighted by molar-refractivity contribution is 7.89. The molecule has 2 aromatic carbocycles. The number of rotatable bonds is 8. The van der Waals surface area contributed by atoms with Crippen molar-refractivity contribution in [2.24, 2.45) is 5.14 Å². The van der Waals surface area contributed by atoms with E-state index < -0.39 is 16.0 Å².